The summed E-state index contributed by atoms with van der Waals surface area (Å²) in [7, 11) is 0. The molecule has 0 aromatic heterocycles. The Bertz CT molecular complexity index is 2140. The molecule has 0 spiro atoms. The molecule has 0 N–H and O–H groups in total. The molecule has 0 amide bonds. The monoisotopic (exact) mass is 717 g/mol. The first-order valence-corrected chi connectivity index (χ1v) is 23.4. The molecule has 1 atom stereocenters. The van der Waals surface area contributed by atoms with Gasteiger partial charge in [-0.2, -0.15) is 0 Å². The second kappa shape index (κ2) is 12.3. The molecule has 0 radical (unpaired) electrons. The topological polar surface area (TPSA) is 0 Å². The van der Waals surface area contributed by atoms with Gasteiger partial charge in [-0.15, -0.1) is 0 Å². The van der Waals surface area contributed by atoms with Gasteiger partial charge in [0, 0.05) is 0 Å². The Morgan fingerprint density at radius 2 is 1.14 bits per heavy atom. The third-order valence-corrected chi connectivity index (χ3v) is 24.4. The van der Waals surface area contributed by atoms with Crippen LogP contribution in [0.4, 0.5) is 0 Å². The fourth-order valence-electron chi connectivity index (χ4n) is 8.56. The Balaban J connectivity index is 1.63. The summed E-state index contributed by atoms with van der Waals surface area (Å²) in [5.41, 5.74) is 15.4. The van der Waals surface area contributed by atoms with Gasteiger partial charge < -0.3 is 0 Å². The molecule has 0 aliphatic heterocycles. The minimum atomic E-state index is -3.91. The van der Waals surface area contributed by atoms with Crippen molar-refractivity contribution in [2.45, 2.75) is 82.2 Å². The molecule has 0 heterocycles. The molecule has 0 nitrogen and oxygen atoms in total. The van der Waals surface area contributed by atoms with Crippen molar-refractivity contribution >= 4 is 7.48 Å². The standard InChI is InChI=1S/C33H33.C9H11.C5H5.CH2.Zr/c1-32(2,3)30-20-26-24(18-28(30)22-13-9-7-10-14-22)17-25-19-29(23-15-11-8-12-16-23)31(21-27(25)26)33(4,5)6;1-8(2)9-6-4-3-5-7-9;1-2-4-5-3-1;;/h7-16,18,20-21H,17H2,1-6H3;3-7H,1-2H3;1-3H,4H2;1H2;. The van der Waals surface area contributed by atoms with Crippen molar-refractivity contribution in [2.75, 3.05) is 0 Å². The number of hydrogen-bond acceptors (Lipinski definition) is 0. The molecule has 5 aromatic rings. The molecule has 1 heteroatoms. The molecule has 247 valence electrons. The van der Waals surface area contributed by atoms with Gasteiger partial charge in [0.1, 0.15) is 0 Å². The van der Waals surface area contributed by atoms with E-state index in [9.17, 15) is 0 Å². The van der Waals surface area contributed by atoms with Gasteiger partial charge in [-0.1, -0.05) is 0 Å². The van der Waals surface area contributed by atoms with E-state index in [-0.39, 0.29) is 14.0 Å². The number of hydrogen-bond donors (Lipinski definition) is 0. The SMILES string of the molecule is [CH2]=[Zr]([C]1=CC=CC1)([c]1c2c(cc(C(C)(C)C)c1-c1ccccc1)-c1cc(C(C)(C)C)c(-c3ccccc3)cc1C2)[C](C)(C)c1ccccc1. The van der Waals surface area contributed by atoms with Crippen molar-refractivity contribution in [3.05, 3.63) is 159 Å². The summed E-state index contributed by atoms with van der Waals surface area (Å²) in [6.07, 6.45) is 9.04. The Hall–Kier alpha value is -3.67. The normalized spacial score (nSPS) is 15.5. The average molecular weight is 719 g/mol. The van der Waals surface area contributed by atoms with E-state index in [1.807, 2.05) is 0 Å². The van der Waals surface area contributed by atoms with Gasteiger partial charge in [0.15, 0.2) is 0 Å². The predicted molar refractivity (Wildman–Crippen MR) is 211 cm³/mol. The molecule has 7 rings (SSSR count). The fourth-order valence-corrected chi connectivity index (χ4v) is 20.1. The Labute approximate surface area is 299 Å². The van der Waals surface area contributed by atoms with Gasteiger partial charge in [0.2, 0.25) is 0 Å². The zero-order valence-corrected chi connectivity index (χ0v) is 33.2. The summed E-state index contributed by atoms with van der Waals surface area (Å²) in [6.45, 7) is 19.3. The van der Waals surface area contributed by atoms with Crippen LogP contribution in [0.15, 0.2) is 131 Å². The molecule has 5 aromatic carbocycles. The molecule has 0 bridgehead atoms. The predicted octanol–water partition coefficient (Wildman–Crippen LogP) is 12.2. The second-order valence-electron chi connectivity index (χ2n) is 16.9. The van der Waals surface area contributed by atoms with E-state index in [4.69, 9.17) is 4.21 Å². The van der Waals surface area contributed by atoms with Crippen LogP contribution in [0.3, 0.4) is 0 Å². The van der Waals surface area contributed by atoms with Crippen molar-refractivity contribution in [3.8, 4) is 33.4 Å². The van der Waals surface area contributed by atoms with Crippen LogP contribution < -0.4 is 3.27 Å². The number of allylic oxidation sites excluding steroid dienone is 4. The van der Waals surface area contributed by atoms with Gasteiger partial charge in [0.25, 0.3) is 0 Å². The third kappa shape index (κ3) is 5.67. The summed E-state index contributed by atoms with van der Waals surface area (Å²) < 4.78 is 8.72. The van der Waals surface area contributed by atoms with E-state index < -0.39 is 19.8 Å². The molecular formula is C48H51Zr. The van der Waals surface area contributed by atoms with Crippen LogP contribution in [0.25, 0.3) is 33.4 Å². The summed E-state index contributed by atoms with van der Waals surface area (Å²) >= 11 is -3.91. The van der Waals surface area contributed by atoms with Crippen molar-refractivity contribution in [1.82, 2.24) is 0 Å². The first-order chi connectivity index (χ1) is 23.2. The van der Waals surface area contributed by atoms with Crippen LogP contribution in [-0.2, 0) is 40.2 Å². The summed E-state index contributed by atoms with van der Waals surface area (Å²) in [5, 5.41) is 0. The fraction of sp³-hybridized carbons (Fsp3) is 0.271. The van der Waals surface area contributed by atoms with Crippen LogP contribution in [-0.4, -0.2) is 4.21 Å². The second-order valence-corrected chi connectivity index (χ2v) is 27.2. The molecule has 49 heavy (non-hydrogen) atoms. The molecule has 1 unspecified atom stereocenters. The van der Waals surface area contributed by atoms with E-state index in [2.05, 4.69) is 183 Å². The first-order valence-electron chi connectivity index (χ1n) is 18.0. The van der Waals surface area contributed by atoms with E-state index in [1.54, 1.807) is 6.55 Å². The number of fused-ring (bicyclic) bond motifs is 3. The summed E-state index contributed by atoms with van der Waals surface area (Å²) in [4.78, 5) is 0. The maximum absolute atomic E-state index is 5.64. The molecular weight excluding hydrogens is 668 g/mol. The Morgan fingerprint density at radius 1 is 0.592 bits per heavy atom. The Morgan fingerprint density at radius 3 is 1.69 bits per heavy atom. The average Bonchev–Trinajstić information content (AvgIpc) is 3.75. The van der Waals surface area contributed by atoms with Crippen LogP contribution in [0, 0.1) is 0 Å². The number of benzene rings is 5. The molecule has 0 saturated heterocycles. The Kier molecular flexibility index (Phi) is 8.47. The number of rotatable bonds is 6. The molecule has 2 aliphatic rings. The van der Waals surface area contributed by atoms with Crippen LogP contribution >= 0.6 is 0 Å². The maximum atomic E-state index is 5.64. The van der Waals surface area contributed by atoms with Crippen LogP contribution in [0.2, 0.25) is 0 Å². The van der Waals surface area contributed by atoms with Gasteiger partial charge in [0.05, 0.1) is 0 Å². The van der Waals surface area contributed by atoms with E-state index in [1.165, 1.54) is 61.2 Å². The zero-order chi connectivity index (χ0) is 34.8. The van der Waals surface area contributed by atoms with Crippen LogP contribution in [0.1, 0.15) is 89.6 Å². The van der Waals surface area contributed by atoms with Gasteiger partial charge in [-0.05, 0) is 0 Å². The van der Waals surface area contributed by atoms with Crippen molar-refractivity contribution < 1.29 is 19.8 Å². The van der Waals surface area contributed by atoms with Crippen molar-refractivity contribution in [3.63, 3.8) is 0 Å². The van der Waals surface area contributed by atoms with E-state index in [0.29, 0.717) is 0 Å². The van der Waals surface area contributed by atoms with Gasteiger partial charge >= 0.3 is 301 Å². The van der Waals surface area contributed by atoms with Crippen molar-refractivity contribution in [2.24, 2.45) is 0 Å². The first kappa shape index (κ1) is 33.8. The van der Waals surface area contributed by atoms with Gasteiger partial charge in [-0.3, -0.25) is 0 Å². The summed E-state index contributed by atoms with van der Waals surface area (Å²) in [6, 6.07) is 41.3. The molecule has 2 aliphatic carbocycles. The van der Waals surface area contributed by atoms with E-state index >= 15 is 0 Å². The quantitative estimate of drug-likeness (QED) is 0.161. The van der Waals surface area contributed by atoms with E-state index in [0.717, 1.165) is 12.8 Å². The van der Waals surface area contributed by atoms with Gasteiger partial charge in [-0.25, -0.2) is 0 Å². The summed E-state index contributed by atoms with van der Waals surface area (Å²) in [5.74, 6) is 0. The van der Waals surface area contributed by atoms with Crippen molar-refractivity contribution in [1.29, 1.82) is 0 Å². The molecule has 0 saturated carbocycles. The molecule has 0 fully saturated rings. The zero-order valence-electron chi connectivity index (χ0n) is 30.7. The minimum absolute atomic E-state index is 0.00640. The third-order valence-electron chi connectivity index (χ3n) is 11.4. The van der Waals surface area contributed by atoms with Crippen LogP contribution in [0.5, 0.6) is 0 Å².